The zero-order chi connectivity index (χ0) is 12.7. The number of nitrogens with zero attached hydrogens (tertiary/aromatic N) is 1. The summed E-state index contributed by atoms with van der Waals surface area (Å²) in [6, 6.07) is 8.97. The highest BCUT2D eigenvalue weighted by atomic mass is 15.2. The Labute approximate surface area is 110 Å². The van der Waals surface area contributed by atoms with Gasteiger partial charge in [-0.05, 0) is 30.2 Å². The molecule has 3 atom stereocenters. The van der Waals surface area contributed by atoms with E-state index in [4.69, 9.17) is 5.41 Å². The van der Waals surface area contributed by atoms with Gasteiger partial charge in [0.25, 0.3) is 0 Å². The van der Waals surface area contributed by atoms with Crippen LogP contribution in [0, 0.1) is 17.2 Å². The van der Waals surface area contributed by atoms with Crippen LogP contribution in [0.5, 0.6) is 0 Å². The normalized spacial score (nSPS) is 30.9. The van der Waals surface area contributed by atoms with Crippen LogP contribution in [0.2, 0.25) is 0 Å². The van der Waals surface area contributed by atoms with Crippen LogP contribution < -0.4 is 0 Å². The Morgan fingerprint density at radius 3 is 2.72 bits per heavy atom. The molecule has 0 bridgehead atoms. The van der Waals surface area contributed by atoms with Crippen LogP contribution in [0.3, 0.4) is 0 Å². The molecule has 1 fully saturated rings. The summed E-state index contributed by atoms with van der Waals surface area (Å²) < 4.78 is 0. The molecule has 0 spiro atoms. The molecule has 0 aromatic heterocycles. The minimum absolute atomic E-state index is 0.579. The molecule has 1 N–H and O–H groups in total. The van der Waals surface area contributed by atoms with Crippen molar-refractivity contribution in [2.45, 2.75) is 45.7 Å². The lowest BCUT2D eigenvalue weighted by molar-refractivity contribution is 0.239. The van der Waals surface area contributed by atoms with Gasteiger partial charge in [0.05, 0.1) is 0 Å². The molecule has 1 heterocycles. The molecular weight excluding hydrogens is 220 g/mol. The second-order valence-electron chi connectivity index (χ2n) is 5.81. The standard InChI is InChI=1S/C16H22N2/c1-3-12-8-9-15(11(12)2)18-10-13-6-4-5-7-14(13)16(18)17/h4-7,11-12,15,17H,3,8-10H2,1-2H3. The summed E-state index contributed by atoms with van der Waals surface area (Å²) in [5, 5.41) is 8.39. The first-order valence-electron chi connectivity index (χ1n) is 7.15. The molecule has 3 unspecified atom stereocenters. The van der Waals surface area contributed by atoms with Crippen molar-refractivity contribution in [3.63, 3.8) is 0 Å². The Hall–Kier alpha value is -1.31. The summed E-state index contributed by atoms with van der Waals surface area (Å²) >= 11 is 0. The average molecular weight is 242 g/mol. The number of nitrogens with one attached hydrogen (secondary N) is 1. The number of amidine groups is 1. The van der Waals surface area contributed by atoms with Crippen molar-refractivity contribution < 1.29 is 0 Å². The summed E-state index contributed by atoms with van der Waals surface area (Å²) in [5.41, 5.74) is 2.47. The fourth-order valence-corrected chi connectivity index (χ4v) is 3.83. The highest BCUT2D eigenvalue weighted by Gasteiger charge is 2.39. The molecule has 1 aromatic rings. The predicted octanol–water partition coefficient (Wildman–Crippen LogP) is 3.65. The van der Waals surface area contributed by atoms with E-state index >= 15 is 0 Å². The lowest BCUT2D eigenvalue weighted by atomic mass is 9.93. The van der Waals surface area contributed by atoms with Gasteiger partial charge in [-0.25, -0.2) is 0 Å². The SMILES string of the molecule is CCC1CCC(N2Cc3ccccc3C2=N)C1C. The van der Waals surface area contributed by atoms with Gasteiger partial charge in [0, 0.05) is 18.2 Å². The number of hydrogen-bond acceptors (Lipinski definition) is 1. The Balaban J connectivity index is 1.83. The predicted molar refractivity (Wildman–Crippen MR) is 74.8 cm³/mol. The van der Waals surface area contributed by atoms with Gasteiger partial charge in [0.2, 0.25) is 0 Å². The van der Waals surface area contributed by atoms with Crippen molar-refractivity contribution in [2.75, 3.05) is 0 Å². The van der Waals surface area contributed by atoms with E-state index in [0.29, 0.717) is 6.04 Å². The van der Waals surface area contributed by atoms with E-state index in [1.807, 2.05) is 6.07 Å². The van der Waals surface area contributed by atoms with Gasteiger partial charge in [-0.2, -0.15) is 0 Å². The van der Waals surface area contributed by atoms with Crippen LogP contribution in [0.4, 0.5) is 0 Å². The van der Waals surface area contributed by atoms with Crippen LogP contribution >= 0.6 is 0 Å². The quantitative estimate of drug-likeness (QED) is 0.842. The van der Waals surface area contributed by atoms with Crippen molar-refractivity contribution >= 4 is 5.84 Å². The fraction of sp³-hybridized carbons (Fsp3) is 0.562. The van der Waals surface area contributed by atoms with Gasteiger partial charge >= 0.3 is 0 Å². The number of rotatable bonds is 2. The topological polar surface area (TPSA) is 27.1 Å². The van der Waals surface area contributed by atoms with Crippen molar-refractivity contribution in [1.82, 2.24) is 4.90 Å². The van der Waals surface area contributed by atoms with Crippen LogP contribution in [0.1, 0.15) is 44.2 Å². The largest absolute Gasteiger partial charge is 0.349 e. The van der Waals surface area contributed by atoms with Gasteiger partial charge in [-0.15, -0.1) is 0 Å². The molecular formula is C16H22N2. The minimum Gasteiger partial charge on any atom is -0.349 e. The lowest BCUT2D eigenvalue weighted by Gasteiger charge is -2.30. The molecule has 2 heteroatoms. The number of hydrogen-bond donors (Lipinski definition) is 1. The zero-order valence-electron chi connectivity index (χ0n) is 11.3. The Bertz CT molecular complexity index is 466. The van der Waals surface area contributed by atoms with Crippen molar-refractivity contribution in [2.24, 2.45) is 11.8 Å². The molecule has 1 aliphatic carbocycles. The van der Waals surface area contributed by atoms with Gasteiger partial charge in [0.15, 0.2) is 0 Å². The third-order valence-electron chi connectivity index (χ3n) is 5.01. The highest BCUT2D eigenvalue weighted by molar-refractivity contribution is 6.00. The molecule has 96 valence electrons. The van der Waals surface area contributed by atoms with E-state index in [-0.39, 0.29) is 0 Å². The molecule has 0 amide bonds. The summed E-state index contributed by atoms with van der Waals surface area (Å²) in [4.78, 5) is 2.34. The van der Waals surface area contributed by atoms with E-state index in [1.54, 1.807) is 0 Å². The maximum atomic E-state index is 8.39. The third-order valence-corrected chi connectivity index (χ3v) is 5.01. The molecule has 0 saturated heterocycles. The summed E-state index contributed by atoms with van der Waals surface area (Å²) in [5.74, 6) is 2.33. The molecule has 1 aromatic carbocycles. The zero-order valence-corrected chi connectivity index (χ0v) is 11.3. The lowest BCUT2D eigenvalue weighted by Crippen LogP contribution is -2.38. The summed E-state index contributed by atoms with van der Waals surface area (Å²) in [7, 11) is 0. The highest BCUT2D eigenvalue weighted by Crippen LogP contribution is 2.39. The maximum Gasteiger partial charge on any atom is 0.128 e. The van der Waals surface area contributed by atoms with E-state index in [1.165, 1.54) is 24.8 Å². The van der Waals surface area contributed by atoms with E-state index in [9.17, 15) is 0 Å². The van der Waals surface area contributed by atoms with E-state index < -0.39 is 0 Å². The first-order valence-corrected chi connectivity index (χ1v) is 7.15. The van der Waals surface area contributed by atoms with Gasteiger partial charge in [-0.3, -0.25) is 5.41 Å². The van der Waals surface area contributed by atoms with E-state index in [0.717, 1.165) is 29.8 Å². The van der Waals surface area contributed by atoms with Crippen LogP contribution in [0.25, 0.3) is 0 Å². The molecule has 3 rings (SSSR count). The monoisotopic (exact) mass is 242 g/mol. The van der Waals surface area contributed by atoms with Crippen molar-refractivity contribution in [3.8, 4) is 0 Å². The molecule has 1 saturated carbocycles. The van der Waals surface area contributed by atoms with Gasteiger partial charge < -0.3 is 4.90 Å². The smallest absolute Gasteiger partial charge is 0.128 e. The van der Waals surface area contributed by atoms with Crippen molar-refractivity contribution in [3.05, 3.63) is 35.4 Å². The van der Waals surface area contributed by atoms with Crippen LogP contribution in [0.15, 0.2) is 24.3 Å². The van der Waals surface area contributed by atoms with E-state index in [2.05, 4.69) is 36.9 Å². The van der Waals surface area contributed by atoms with Gasteiger partial charge in [-0.1, -0.05) is 44.5 Å². The Kier molecular flexibility index (Phi) is 2.89. The first-order chi connectivity index (χ1) is 8.72. The summed E-state index contributed by atoms with van der Waals surface area (Å²) in [6.45, 7) is 5.62. The van der Waals surface area contributed by atoms with Gasteiger partial charge in [0.1, 0.15) is 5.84 Å². The Morgan fingerprint density at radius 1 is 1.28 bits per heavy atom. The number of fused-ring (bicyclic) bond motifs is 1. The summed E-state index contributed by atoms with van der Waals surface area (Å²) in [6.07, 6.45) is 3.88. The molecule has 1 aliphatic heterocycles. The molecule has 2 nitrogen and oxygen atoms in total. The van der Waals surface area contributed by atoms with Crippen LogP contribution in [-0.2, 0) is 6.54 Å². The van der Waals surface area contributed by atoms with Crippen molar-refractivity contribution in [1.29, 1.82) is 5.41 Å². The second-order valence-corrected chi connectivity index (χ2v) is 5.81. The molecule has 0 radical (unpaired) electrons. The first kappa shape index (κ1) is 11.8. The Morgan fingerprint density at radius 2 is 2.06 bits per heavy atom. The average Bonchev–Trinajstić information content (AvgIpc) is 2.91. The minimum atomic E-state index is 0.579. The molecule has 2 aliphatic rings. The molecule has 18 heavy (non-hydrogen) atoms. The second kappa shape index (κ2) is 4.42. The third kappa shape index (κ3) is 1.66. The van der Waals surface area contributed by atoms with Crippen LogP contribution in [-0.4, -0.2) is 16.8 Å². The maximum absolute atomic E-state index is 8.39. The number of benzene rings is 1. The fourth-order valence-electron chi connectivity index (χ4n) is 3.83.